The summed E-state index contributed by atoms with van der Waals surface area (Å²) in [7, 11) is 0. The number of fused-ring (bicyclic) bond motifs is 1. The minimum absolute atomic E-state index is 0.319. The van der Waals surface area contributed by atoms with Crippen LogP contribution >= 0.6 is 0 Å². The van der Waals surface area contributed by atoms with E-state index < -0.39 is 5.56 Å². The van der Waals surface area contributed by atoms with Gasteiger partial charge in [-0.15, -0.1) is 0 Å². The quantitative estimate of drug-likeness (QED) is 0.581. The lowest BCUT2D eigenvalue weighted by molar-refractivity contribution is 0.173. The smallest absolute Gasteiger partial charge is 0.304 e. The topological polar surface area (TPSA) is 55.1 Å². The summed E-state index contributed by atoms with van der Waals surface area (Å²) in [5.74, 6) is 0. The van der Waals surface area contributed by atoms with Crippen LogP contribution in [0.1, 0.15) is 11.3 Å². The molecule has 3 aromatic carbocycles. The normalized spacial score (nSPS) is 10.9. The average Bonchev–Trinajstić information content (AvgIpc) is 2.65. The van der Waals surface area contributed by atoms with Crippen LogP contribution in [0.5, 0.6) is 0 Å². The second-order valence-corrected chi connectivity index (χ2v) is 5.95. The van der Waals surface area contributed by atoms with Gasteiger partial charge in [-0.1, -0.05) is 66.7 Å². The summed E-state index contributed by atoms with van der Waals surface area (Å²) in [6, 6.07) is 23.6. The molecule has 0 unspecified atom stereocenters. The van der Waals surface area contributed by atoms with Crippen molar-refractivity contribution in [2.24, 2.45) is 0 Å². The maximum absolute atomic E-state index is 12.2. The van der Waals surface area contributed by atoms with Crippen LogP contribution in [0.25, 0.3) is 22.0 Å². The van der Waals surface area contributed by atoms with E-state index in [2.05, 4.69) is 4.98 Å². The third kappa shape index (κ3) is 3.02. The highest BCUT2D eigenvalue weighted by molar-refractivity contribution is 5.86. The lowest BCUT2D eigenvalue weighted by atomic mass is 10.0. The van der Waals surface area contributed by atoms with Crippen LogP contribution in [-0.2, 0) is 6.42 Å². The molecule has 4 heteroatoms. The van der Waals surface area contributed by atoms with Crippen molar-refractivity contribution in [3.8, 4) is 11.3 Å². The fourth-order valence-electron chi connectivity index (χ4n) is 2.92. The van der Waals surface area contributed by atoms with E-state index >= 15 is 0 Å². The van der Waals surface area contributed by atoms with Crippen molar-refractivity contribution in [2.45, 2.75) is 6.42 Å². The Morgan fingerprint density at radius 3 is 2.40 bits per heavy atom. The molecule has 1 aromatic heterocycles. The van der Waals surface area contributed by atoms with Crippen molar-refractivity contribution in [3.63, 3.8) is 0 Å². The Morgan fingerprint density at radius 2 is 1.60 bits per heavy atom. The Kier molecular flexibility index (Phi) is 3.78. The molecule has 0 radical (unpaired) electrons. The van der Waals surface area contributed by atoms with Gasteiger partial charge in [0.05, 0.1) is 11.9 Å². The van der Waals surface area contributed by atoms with Crippen LogP contribution in [0.15, 0.2) is 83.8 Å². The molecule has 25 heavy (non-hydrogen) atoms. The van der Waals surface area contributed by atoms with Crippen LogP contribution in [-0.4, -0.2) is 14.9 Å². The molecule has 0 fully saturated rings. The number of hydrogen-bond donors (Lipinski definition) is 1. The highest BCUT2D eigenvalue weighted by Crippen LogP contribution is 2.22. The van der Waals surface area contributed by atoms with Crippen LogP contribution in [0.3, 0.4) is 0 Å². The van der Waals surface area contributed by atoms with Gasteiger partial charge in [0, 0.05) is 12.0 Å². The van der Waals surface area contributed by atoms with Crippen molar-refractivity contribution in [1.82, 2.24) is 9.71 Å². The summed E-state index contributed by atoms with van der Waals surface area (Å²) < 4.78 is 0.621. The first-order chi connectivity index (χ1) is 12.2. The molecule has 0 bridgehead atoms. The van der Waals surface area contributed by atoms with Gasteiger partial charge in [0.25, 0.3) is 0 Å². The van der Waals surface area contributed by atoms with E-state index in [0.717, 1.165) is 21.9 Å². The molecule has 0 aliphatic carbocycles. The summed E-state index contributed by atoms with van der Waals surface area (Å²) in [6.07, 6.45) is 1.74. The number of hydrogen-bond acceptors (Lipinski definition) is 3. The van der Waals surface area contributed by atoms with Crippen LogP contribution in [0.2, 0.25) is 0 Å². The van der Waals surface area contributed by atoms with E-state index in [1.807, 2.05) is 72.8 Å². The first-order valence-electron chi connectivity index (χ1n) is 8.05. The molecular formula is C21H16N2O2. The lowest BCUT2D eigenvalue weighted by Gasteiger charge is -2.08. The highest BCUT2D eigenvalue weighted by atomic mass is 16.5. The average molecular weight is 328 g/mol. The van der Waals surface area contributed by atoms with Gasteiger partial charge in [0.2, 0.25) is 0 Å². The molecule has 0 amide bonds. The second-order valence-electron chi connectivity index (χ2n) is 5.95. The standard InChI is InChI=1S/C21H16N2O2/c24-21-19(12-15-6-2-1-3-7-15)22-20(14-23(21)25)18-11-10-16-8-4-5-9-17(16)13-18/h1-11,13-14,25H,12H2. The number of nitrogens with zero attached hydrogens (tertiary/aromatic N) is 2. The molecule has 4 nitrogen and oxygen atoms in total. The molecular weight excluding hydrogens is 312 g/mol. The van der Waals surface area contributed by atoms with Crippen LogP contribution < -0.4 is 5.56 Å². The molecule has 122 valence electrons. The van der Waals surface area contributed by atoms with Crippen molar-refractivity contribution < 1.29 is 5.21 Å². The third-order valence-electron chi connectivity index (χ3n) is 4.21. The second kappa shape index (κ2) is 6.24. The fraction of sp³-hybridized carbons (Fsp3) is 0.0476. The Labute approximate surface area is 144 Å². The predicted octanol–water partition coefficient (Wildman–Crippen LogP) is 3.89. The van der Waals surface area contributed by atoms with Crippen LogP contribution in [0.4, 0.5) is 0 Å². The predicted molar refractivity (Wildman–Crippen MR) is 97.9 cm³/mol. The van der Waals surface area contributed by atoms with Crippen molar-refractivity contribution in [1.29, 1.82) is 0 Å². The molecule has 0 aliphatic rings. The number of aromatic nitrogens is 2. The molecule has 1 N–H and O–H groups in total. The van der Waals surface area contributed by atoms with E-state index in [9.17, 15) is 10.0 Å². The maximum atomic E-state index is 12.2. The van der Waals surface area contributed by atoms with Gasteiger partial charge in [-0.2, -0.15) is 4.73 Å². The monoisotopic (exact) mass is 328 g/mol. The van der Waals surface area contributed by atoms with Gasteiger partial charge in [-0.3, -0.25) is 4.79 Å². The Morgan fingerprint density at radius 1 is 0.880 bits per heavy atom. The minimum atomic E-state index is -0.492. The zero-order chi connectivity index (χ0) is 17.2. The Balaban J connectivity index is 1.80. The van der Waals surface area contributed by atoms with Gasteiger partial charge >= 0.3 is 5.56 Å². The minimum Gasteiger partial charge on any atom is -0.425 e. The van der Waals surface area contributed by atoms with E-state index in [4.69, 9.17) is 0 Å². The molecule has 0 saturated carbocycles. The zero-order valence-corrected chi connectivity index (χ0v) is 13.5. The molecule has 0 atom stereocenters. The zero-order valence-electron chi connectivity index (χ0n) is 13.5. The fourth-order valence-corrected chi connectivity index (χ4v) is 2.92. The maximum Gasteiger partial charge on any atom is 0.304 e. The van der Waals surface area contributed by atoms with Crippen molar-refractivity contribution in [3.05, 3.63) is 101 Å². The first-order valence-corrected chi connectivity index (χ1v) is 8.05. The van der Waals surface area contributed by atoms with Gasteiger partial charge in [0.1, 0.15) is 5.69 Å². The Hall–Kier alpha value is -3.40. The van der Waals surface area contributed by atoms with Gasteiger partial charge < -0.3 is 5.21 Å². The summed E-state index contributed by atoms with van der Waals surface area (Å²) in [5.41, 5.74) is 2.23. The molecule has 1 heterocycles. The van der Waals surface area contributed by atoms with Gasteiger partial charge in [-0.05, 0) is 22.4 Å². The third-order valence-corrected chi connectivity index (χ3v) is 4.21. The largest absolute Gasteiger partial charge is 0.425 e. The van der Waals surface area contributed by atoms with E-state index in [0.29, 0.717) is 22.5 Å². The highest BCUT2D eigenvalue weighted by Gasteiger charge is 2.11. The molecule has 0 spiro atoms. The number of benzene rings is 3. The molecule has 0 saturated heterocycles. The summed E-state index contributed by atoms with van der Waals surface area (Å²) >= 11 is 0. The molecule has 4 aromatic rings. The Bertz CT molecular complexity index is 1100. The number of rotatable bonds is 3. The van der Waals surface area contributed by atoms with E-state index in [-0.39, 0.29) is 0 Å². The summed E-state index contributed by atoms with van der Waals surface area (Å²) in [5, 5.41) is 12.2. The van der Waals surface area contributed by atoms with Crippen molar-refractivity contribution >= 4 is 10.8 Å². The lowest BCUT2D eigenvalue weighted by Crippen LogP contribution is -2.24. The van der Waals surface area contributed by atoms with Gasteiger partial charge in [-0.25, -0.2) is 4.98 Å². The summed E-state index contributed by atoms with van der Waals surface area (Å²) in [6.45, 7) is 0. The SMILES string of the molecule is O=c1c(Cc2ccccc2)nc(-c2ccc3ccccc3c2)cn1O. The van der Waals surface area contributed by atoms with Gasteiger partial charge in [0.15, 0.2) is 0 Å². The van der Waals surface area contributed by atoms with Crippen LogP contribution in [0, 0.1) is 0 Å². The van der Waals surface area contributed by atoms with E-state index in [1.165, 1.54) is 6.20 Å². The summed E-state index contributed by atoms with van der Waals surface area (Å²) in [4.78, 5) is 16.7. The first kappa shape index (κ1) is 15.1. The van der Waals surface area contributed by atoms with Crippen molar-refractivity contribution in [2.75, 3.05) is 0 Å². The molecule has 4 rings (SSSR count). The van der Waals surface area contributed by atoms with E-state index in [1.54, 1.807) is 0 Å². The molecule has 0 aliphatic heterocycles.